The summed E-state index contributed by atoms with van der Waals surface area (Å²) < 4.78 is 22.2. The number of pyridine rings is 1. The molecule has 1 amide bonds. The van der Waals surface area contributed by atoms with Gasteiger partial charge in [0.1, 0.15) is 5.56 Å². The largest absolute Gasteiger partial charge is 0.328 e. The molecule has 0 spiro atoms. The Bertz CT molecular complexity index is 794. The van der Waals surface area contributed by atoms with Crippen molar-refractivity contribution < 1.29 is 13.2 Å². The number of carbonyl (C=O) groups is 1. The quantitative estimate of drug-likeness (QED) is 0.752. The van der Waals surface area contributed by atoms with Crippen LogP contribution >= 0.6 is 0 Å². The number of rotatable bonds is 3. The fourth-order valence-corrected chi connectivity index (χ4v) is 2.04. The van der Waals surface area contributed by atoms with Gasteiger partial charge in [-0.3, -0.25) is 9.59 Å². The number of primary sulfonamides is 1. The van der Waals surface area contributed by atoms with E-state index in [0.717, 1.165) is 0 Å². The van der Waals surface area contributed by atoms with E-state index in [1.54, 1.807) is 0 Å². The number of aromatic nitrogens is 1. The van der Waals surface area contributed by atoms with Crippen molar-refractivity contribution in [3.63, 3.8) is 0 Å². The van der Waals surface area contributed by atoms with E-state index in [1.807, 2.05) is 0 Å². The highest BCUT2D eigenvalue weighted by atomic mass is 32.2. The molecule has 0 fully saturated rings. The van der Waals surface area contributed by atoms with Crippen LogP contribution in [0.25, 0.3) is 0 Å². The predicted molar refractivity (Wildman–Crippen MR) is 72.8 cm³/mol. The second-order valence-electron chi connectivity index (χ2n) is 3.94. The average molecular weight is 293 g/mol. The summed E-state index contributed by atoms with van der Waals surface area (Å²) in [4.78, 5) is 25.6. The summed E-state index contributed by atoms with van der Waals surface area (Å²) in [5.41, 5.74) is -0.195. The van der Waals surface area contributed by atoms with Gasteiger partial charge < -0.3 is 10.3 Å². The third-order valence-electron chi connectivity index (χ3n) is 2.50. The van der Waals surface area contributed by atoms with Crippen LogP contribution in [0.15, 0.2) is 52.3 Å². The third kappa shape index (κ3) is 3.11. The van der Waals surface area contributed by atoms with Crippen molar-refractivity contribution in [1.82, 2.24) is 4.98 Å². The van der Waals surface area contributed by atoms with Crippen LogP contribution < -0.4 is 16.0 Å². The normalized spacial score (nSPS) is 11.1. The molecule has 0 bridgehead atoms. The minimum Gasteiger partial charge on any atom is -0.328 e. The van der Waals surface area contributed by atoms with E-state index >= 15 is 0 Å². The monoisotopic (exact) mass is 293 g/mol. The van der Waals surface area contributed by atoms with Gasteiger partial charge in [0.25, 0.3) is 11.5 Å². The maximum absolute atomic E-state index is 11.8. The first kappa shape index (κ1) is 14.0. The number of aromatic amines is 1. The van der Waals surface area contributed by atoms with E-state index in [1.165, 1.54) is 42.6 Å². The van der Waals surface area contributed by atoms with Gasteiger partial charge in [-0.1, -0.05) is 0 Å². The Morgan fingerprint density at radius 1 is 1.15 bits per heavy atom. The molecule has 0 saturated heterocycles. The Hall–Kier alpha value is -2.45. The molecule has 1 aromatic heterocycles. The van der Waals surface area contributed by atoms with E-state index in [2.05, 4.69) is 10.3 Å². The molecule has 0 atom stereocenters. The molecule has 0 aliphatic carbocycles. The molecule has 0 unspecified atom stereocenters. The molecule has 104 valence electrons. The first-order valence-electron chi connectivity index (χ1n) is 5.50. The van der Waals surface area contributed by atoms with Crippen molar-refractivity contribution in [2.45, 2.75) is 4.90 Å². The molecule has 1 heterocycles. The summed E-state index contributed by atoms with van der Waals surface area (Å²) in [6, 6.07) is 8.21. The number of benzene rings is 1. The maximum Gasteiger partial charge on any atom is 0.261 e. The van der Waals surface area contributed by atoms with Gasteiger partial charge in [0, 0.05) is 11.9 Å². The summed E-state index contributed by atoms with van der Waals surface area (Å²) in [7, 11) is -3.77. The van der Waals surface area contributed by atoms with Gasteiger partial charge >= 0.3 is 0 Å². The minimum absolute atomic E-state index is 0.0389. The van der Waals surface area contributed by atoms with E-state index in [0.29, 0.717) is 5.69 Å². The van der Waals surface area contributed by atoms with E-state index in [-0.39, 0.29) is 10.5 Å². The lowest BCUT2D eigenvalue weighted by atomic mass is 10.2. The number of amides is 1. The molecule has 2 aromatic rings. The fourth-order valence-electron chi connectivity index (χ4n) is 1.53. The van der Waals surface area contributed by atoms with Gasteiger partial charge in [-0.25, -0.2) is 13.6 Å². The number of carbonyl (C=O) groups excluding carboxylic acids is 1. The van der Waals surface area contributed by atoms with E-state index < -0.39 is 21.5 Å². The molecular formula is C12H11N3O4S. The van der Waals surface area contributed by atoms with Crippen molar-refractivity contribution in [1.29, 1.82) is 0 Å². The van der Waals surface area contributed by atoms with Crippen molar-refractivity contribution in [3.05, 3.63) is 58.5 Å². The Morgan fingerprint density at radius 3 is 2.35 bits per heavy atom. The Balaban J connectivity index is 2.21. The van der Waals surface area contributed by atoms with Crippen molar-refractivity contribution in [2.24, 2.45) is 5.14 Å². The number of hydrogen-bond acceptors (Lipinski definition) is 4. The van der Waals surface area contributed by atoms with Crippen LogP contribution in [0.2, 0.25) is 0 Å². The zero-order valence-corrected chi connectivity index (χ0v) is 11.0. The Morgan fingerprint density at radius 2 is 1.80 bits per heavy atom. The Kier molecular flexibility index (Phi) is 3.68. The molecule has 1 aromatic carbocycles. The predicted octanol–water partition coefficient (Wildman–Crippen LogP) is 0.275. The second kappa shape index (κ2) is 5.27. The lowest BCUT2D eigenvalue weighted by molar-refractivity contribution is 0.102. The molecule has 0 saturated carbocycles. The number of nitrogens with two attached hydrogens (primary N) is 1. The number of hydrogen-bond donors (Lipinski definition) is 3. The summed E-state index contributed by atoms with van der Waals surface area (Å²) in [6.07, 6.45) is 1.42. The van der Waals surface area contributed by atoms with Gasteiger partial charge in [0.15, 0.2) is 0 Å². The van der Waals surface area contributed by atoms with E-state index in [9.17, 15) is 18.0 Å². The van der Waals surface area contributed by atoms with Crippen LogP contribution in [-0.4, -0.2) is 19.3 Å². The van der Waals surface area contributed by atoms with Crippen LogP contribution in [0.5, 0.6) is 0 Å². The maximum atomic E-state index is 11.8. The smallest absolute Gasteiger partial charge is 0.261 e. The van der Waals surface area contributed by atoms with Crippen LogP contribution in [0.3, 0.4) is 0 Å². The highest BCUT2D eigenvalue weighted by molar-refractivity contribution is 7.89. The minimum atomic E-state index is -3.77. The summed E-state index contributed by atoms with van der Waals surface area (Å²) >= 11 is 0. The van der Waals surface area contributed by atoms with Gasteiger partial charge in [0.05, 0.1) is 4.90 Å². The standard InChI is InChI=1S/C12H11N3O4S/c13-20(18,19)9-5-3-8(4-6-9)15-12(17)10-2-1-7-14-11(10)16/h1-7H,(H,14,16)(H,15,17)(H2,13,18,19). The van der Waals surface area contributed by atoms with Crippen LogP contribution in [0.4, 0.5) is 5.69 Å². The van der Waals surface area contributed by atoms with Crippen molar-refractivity contribution >= 4 is 21.6 Å². The van der Waals surface area contributed by atoms with Crippen LogP contribution in [0.1, 0.15) is 10.4 Å². The molecule has 0 aliphatic rings. The Labute approximate surface area is 114 Å². The topological polar surface area (TPSA) is 122 Å². The highest BCUT2D eigenvalue weighted by Crippen LogP contribution is 2.13. The van der Waals surface area contributed by atoms with Crippen molar-refractivity contribution in [3.8, 4) is 0 Å². The van der Waals surface area contributed by atoms with Crippen LogP contribution in [-0.2, 0) is 10.0 Å². The molecule has 0 aliphatic heterocycles. The number of sulfonamides is 1. The van der Waals surface area contributed by atoms with Gasteiger partial charge in [-0.05, 0) is 36.4 Å². The molecule has 0 radical (unpaired) electrons. The highest BCUT2D eigenvalue weighted by Gasteiger charge is 2.11. The fraction of sp³-hybridized carbons (Fsp3) is 0. The molecule has 2 rings (SSSR count). The summed E-state index contributed by atoms with van der Waals surface area (Å²) in [6.45, 7) is 0. The van der Waals surface area contributed by atoms with Gasteiger partial charge in [0.2, 0.25) is 10.0 Å². The molecule has 4 N–H and O–H groups in total. The lowest BCUT2D eigenvalue weighted by Crippen LogP contribution is -2.22. The number of H-pyrrole nitrogens is 1. The van der Waals surface area contributed by atoms with Crippen LogP contribution in [0, 0.1) is 0 Å². The first-order chi connectivity index (χ1) is 9.38. The summed E-state index contributed by atoms with van der Waals surface area (Å²) in [5.74, 6) is -0.588. The third-order valence-corrected chi connectivity index (χ3v) is 3.43. The molecule has 7 nitrogen and oxygen atoms in total. The summed E-state index contributed by atoms with van der Waals surface area (Å²) in [5, 5.41) is 7.44. The zero-order chi connectivity index (χ0) is 14.8. The van der Waals surface area contributed by atoms with Gasteiger partial charge in [-0.2, -0.15) is 0 Å². The second-order valence-corrected chi connectivity index (χ2v) is 5.50. The van der Waals surface area contributed by atoms with Crippen molar-refractivity contribution in [2.75, 3.05) is 5.32 Å². The lowest BCUT2D eigenvalue weighted by Gasteiger charge is -2.05. The van der Waals surface area contributed by atoms with Gasteiger partial charge in [-0.15, -0.1) is 0 Å². The zero-order valence-electron chi connectivity index (χ0n) is 10.2. The SMILES string of the molecule is NS(=O)(=O)c1ccc(NC(=O)c2ccc[nH]c2=O)cc1. The molecular weight excluding hydrogens is 282 g/mol. The van der Waals surface area contributed by atoms with E-state index in [4.69, 9.17) is 5.14 Å². The molecule has 20 heavy (non-hydrogen) atoms. The first-order valence-corrected chi connectivity index (χ1v) is 7.04. The average Bonchev–Trinajstić information content (AvgIpc) is 2.38. The number of nitrogens with one attached hydrogen (secondary N) is 2. The molecule has 8 heteroatoms. The number of anilines is 1.